The first-order chi connectivity index (χ1) is 10.9. The normalized spacial score (nSPS) is 19.4. The van der Waals surface area contributed by atoms with Crippen LogP contribution in [0.15, 0.2) is 24.5 Å². The summed E-state index contributed by atoms with van der Waals surface area (Å²) in [5, 5.41) is 18.2. The number of piperidine rings is 1. The molecule has 0 aliphatic carbocycles. The second-order valence-electron chi connectivity index (χ2n) is 5.47. The fraction of sp³-hybridized carbons (Fsp3) is 0.333. The molecule has 0 radical (unpaired) electrons. The Morgan fingerprint density at radius 1 is 1.38 bits per heavy atom. The standard InChI is InChI=1S/C15H12F2N4O2.Li.H/c16-15(17)5-10(14(22)23)7-21(8-15)11-2-1-9(6-18)12-13(11)20-4-3-19-12;;/h1-4,10H,5,7-8H2,(H,22,23);;/q;+1;-1. The molecule has 3 rings (SSSR count). The van der Waals surface area contributed by atoms with Crippen molar-refractivity contribution in [2.75, 3.05) is 18.0 Å². The fourth-order valence-corrected chi connectivity index (χ4v) is 2.84. The first-order valence-electron chi connectivity index (χ1n) is 6.91. The van der Waals surface area contributed by atoms with Gasteiger partial charge in [0.15, 0.2) is 0 Å². The summed E-state index contributed by atoms with van der Waals surface area (Å²) in [5.74, 6) is -5.52. The van der Waals surface area contributed by atoms with E-state index in [1.54, 1.807) is 0 Å². The number of hydrogen-bond acceptors (Lipinski definition) is 5. The van der Waals surface area contributed by atoms with E-state index in [0.717, 1.165) is 0 Å². The number of anilines is 1. The Kier molecular flexibility index (Phi) is 5.07. The van der Waals surface area contributed by atoms with E-state index in [1.807, 2.05) is 6.07 Å². The molecule has 1 fully saturated rings. The SMILES string of the molecule is N#Cc1ccc(N2CC(C(=O)O)CC(F)(F)C2)c2nccnc12.[H-].[Li+]. The third-order valence-electron chi connectivity index (χ3n) is 3.82. The first kappa shape index (κ1) is 18.1. The summed E-state index contributed by atoms with van der Waals surface area (Å²) in [6, 6.07) is 4.97. The van der Waals surface area contributed by atoms with Crippen LogP contribution < -0.4 is 23.8 Å². The van der Waals surface area contributed by atoms with Crippen LogP contribution >= 0.6 is 0 Å². The van der Waals surface area contributed by atoms with Crippen molar-refractivity contribution in [3.05, 3.63) is 30.1 Å². The molecule has 1 saturated heterocycles. The number of fused-ring (bicyclic) bond motifs is 1. The van der Waals surface area contributed by atoms with Gasteiger partial charge in [0.2, 0.25) is 0 Å². The summed E-state index contributed by atoms with van der Waals surface area (Å²) in [4.78, 5) is 20.7. The summed E-state index contributed by atoms with van der Waals surface area (Å²) in [6.45, 7) is -0.628. The van der Waals surface area contributed by atoms with E-state index in [0.29, 0.717) is 16.7 Å². The molecule has 1 aliphatic heterocycles. The molecule has 0 bridgehead atoms. The van der Waals surface area contributed by atoms with Crippen molar-refractivity contribution in [1.82, 2.24) is 9.97 Å². The van der Waals surface area contributed by atoms with Gasteiger partial charge in [0, 0.05) is 25.4 Å². The zero-order valence-electron chi connectivity index (χ0n) is 13.9. The number of hydrogen-bond donors (Lipinski definition) is 1. The fourth-order valence-electron chi connectivity index (χ4n) is 2.84. The zero-order chi connectivity index (χ0) is 16.6. The number of alkyl halides is 2. The third-order valence-corrected chi connectivity index (χ3v) is 3.82. The second kappa shape index (κ2) is 6.72. The van der Waals surface area contributed by atoms with Gasteiger partial charge in [-0.25, -0.2) is 8.78 Å². The molecule has 1 aliphatic rings. The van der Waals surface area contributed by atoms with E-state index in [-0.39, 0.29) is 32.4 Å². The van der Waals surface area contributed by atoms with Gasteiger partial charge >= 0.3 is 24.8 Å². The Bertz CT molecular complexity index is 831. The third kappa shape index (κ3) is 3.33. The maximum Gasteiger partial charge on any atom is 1.00 e. The maximum atomic E-state index is 13.9. The number of aromatic nitrogens is 2. The van der Waals surface area contributed by atoms with Gasteiger partial charge in [-0.3, -0.25) is 14.8 Å². The number of nitrogens with zero attached hydrogens (tertiary/aromatic N) is 4. The number of carbonyl (C=O) groups is 1. The minimum absolute atomic E-state index is 0. The van der Waals surface area contributed by atoms with Gasteiger partial charge in [0.25, 0.3) is 5.92 Å². The molecule has 0 amide bonds. The van der Waals surface area contributed by atoms with Crippen LogP contribution in [-0.4, -0.2) is 40.1 Å². The topological polar surface area (TPSA) is 90.1 Å². The minimum atomic E-state index is -3.11. The molecule has 1 aromatic heterocycles. The Morgan fingerprint density at radius 2 is 2.04 bits per heavy atom. The van der Waals surface area contributed by atoms with Crippen LogP contribution in [0.1, 0.15) is 13.4 Å². The van der Waals surface area contributed by atoms with E-state index in [2.05, 4.69) is 9.97 Å². The van der Waals surface area contributed by atoms with Crippen LogP contribution in [0.25, 0.3) is 11.0 Å². The molecule has 120 valence electrons. The molecule has 1 N–H and O–H groups in total. The molecular formula is C15H13F2LiN4O2. The average molecular weight is 326 g/mol. The smallest absolute Gasteiger partial charge is 1.00 e. The predicted octanol–water partition coefficient (Wildman–Crippen LogP) is -0.836. The molecular weight excluding hydrogens is 313 g/mol. The van der Waals surface area contributed by atoms with Crippen LogP contribution in [0.3, 0.4) is 0 Å². The largest absolute Gasteiger partial charge is 1.00 e. The second-order valence-corrected chi connectivity index (χ2v) is 5.47. The molecule has 0 spiro atoms. The van der Waals surface area contributed by atoms with E-state index in [4.69, 9.17) is 10.4 Å². The number of carboxylic acid groups (broad SMARTS) is 1. The van der Waals surface area contributed by atoms with Gasteiger partial charge in [-0.15, -0.1) is 0 Å². The van der Waals surface area contributed by atoms with Crippen molar-refractivity contribution >= 4 is 22.7 Å². The summed E-state index contributed by atoms with van der Waals surface area (Å²) in [6.07, 6.45) is 2.14. The van der Waals surface area contributed by atoms with Gasteiger partial charge < -0.3 is 11.4 Å². The number of rotatable bonds is 2. The van der Waals surface area contributed by atoms with Gasteiger partial charge in [0.05, 0.1) is 23.7 Å². The maximum absolute atomic E-state index is 13.9. The number of halogens is 2. The van der Waals surface area contributed by atoms with Crippen molar-refractivity contribution in [2.45, 2.75) is 12.3 Å². The number of benzene rings is 1. The molecule has 2 heterocycles. The van der Waals surface area contributed by atoms with E-state index < -0.39 is 30.8 Å². The summed E-state index contributed by atoms with van der Waals surface area (Å²) in [5.41, 5.74) is 1.27. The van der Waals surface area contributed by atoms with Crippen molar-refractivity contribution < 1.29 is 39.0 Å². The number of carboxylic acids is 1. The first-order valence-corrected chi connectivity index (χ1v) is 6.91. The van der Waals surface area contributed by atoms with Gasteiger partial charge in [-0.2, -0.15) is 5.26 Å². The van der Waals surface area contributed by atoms with Gasteiger partial charge in [-0.05, 0) is 12.1 Å². The van der Waals surface area contributed by atoms with Crippen molar-refractivity contribution in [3.63, 3.8) is 0 Å². The van der Waals surface area contributed by atoms with Crippen molar-refractivity contribution in [2.24, 2.45) is 5.92 Å². The predicted molar refractivity (Wildman–Crippen MR) is 78.3 cm³/mol. The van der Waals surface area contributed by atoms with Gasteiger partial charge in [0.1, 0.15) is 17.1 Å². The molecule has 9 heteroatoms. The van der Waals surface area contributed by atoms with Crippen LogP contribution in [0, 0.1) is 17.2 Å². The number of nitriles is 1. The summed E-state index contributed by atoms with van der Waals surface area (Å²) < 4.78 is 27.8. The Hall–Kier alpha value is -2.22. The van der Waals surface area contributed by atoms with Crippen molar-refractivity contribution in [3.8, 4) is 6.07 Å². The molecule has 0 saturated carbocycles. The van der Waals surface area contributed by atoms with Crippen LogP contribution in [0.4, 0.5) is 14.5 Å². The molecule has 1 atom stereocenters. The minimum Gasteiger partial charge on any atom is -1.00 e. The van der Waals surface area contributed by atoms with E-state index in [1.165, 1.54) is 29.4 Å². The van der Waals surface area contributed by atoms with E-state index >= 15 is 0 Å². The Labute approximate surface area is 149 Å². The molecule has 1 unspecified atom stereocenters. The summed E-state index contributed by atoms with van der Waals surface area (Å²) in [7, 11) is 0. The van der Waals surface area contributed by atoms with Crippen LogP contribution in [0.5, 0.6) is 0 Å². The molecule has 2 aromatic rings. The van der Waals surface area contributed by atoms with Crippen LogP contribution in [-0.2, 0) is 4.79 Å². The monoisotopic (exact) mass is 326 g/mol. The van der Waals surface area contributed by atoms with Crippen LogP contribution in [0.2, 0.25) is 0 Å². The summed E-state index contributed by atoms with van der Waals surface area (Å²) >= 11 is 0. The zero-order valence-corrected chi connectivity index (χ0v) is 12.9. The quantitative estimate of drug-likeness (QED) is 0.724. The average Bonchev–Trinajstić information content (AvgIpc) is 2.52. The van der Waals surface area contributed by atoms with E-state index in [9.17, 15) is 13.6 Å². The Morgan fingerprint density at radius 3 is 2.67 bits per heavy atom. The van der Waals surface area contributed by atoms with Gasteiger partial charge in [-0.1, -0.05) is 0 Å². The Balaban J connectivity index is 0.00000156. The number of aliphatic carboxylic acids is 1. The molecule has 1 aromatic carbocycles. The molecule has 6 nitrogen and oxygen atoms in total. The van der Waals surface area contributed by atoms with Crippen molar-refractivity contribution in [1.29, 1.82) is 5.26 Å². The molecule has 24 heavy (non-hydrogen) atoms.